The summed E-state index contributed by atoms with van der Waals surface area (Å²) in [5.41, 5.74) is 2.09. The number of hydrogen-bond donors (Lipinski definition) is 1. The van der Waals surface area contributed by atoms with Crippen molar-refractivity contribution in [2.45, 2.75) is 19.9 Å². The summed E-state index contributed by atoms with van der Waals surface area (Å²) in [5, 5.41) is 3.28. The highest BCUT2D eigenvalue weighted by molar-refractivity contribution is 6.33. The van der Waals surface area contributed by atoms with Gasteiger partial charge < -0.3 is 5.32 Å². The molecule has 1 atom stereocenters. The van der Waals surface area contributed by atoms with E-state index < -0.39 is 0 Å². The molecule has 4 nitrogen and oxygen atoms in total. The molecule has 1 unspecified atom stereocenters. The summed E-state index contributed by atoms with van der Waals surface area (Å²) in [6.45, 7) is 3.72. The minimum absolute atomic E-state index is 0.140. The molecule has 0 spiro atoms. The molecule has 0 aliphatic carbocycles. The van der Waals surface area contributed by atoms with Crippen molar-refractivity contribution in [3.8, 4) is 0 Å². The van der Waals surface area contributed by atoms with Crippen LogP contribution in [0.15, 0.2) is 36.8 Å². The van der Waals surface area contributed by atoms with Gasteiger partial charge in [0.25, 0.3) is 5.91 Å². The quantitative estimate of drug-likeness (QED) is 0.937. The van der Waals surface area contributed by atoms with Crippen molar-refractivity contribution >= 4 is 17.5 Å². The highest BCUT2D eigenvalue weighted by Crippen LogP contribution is 2.17. The monoisotopic (exact) mass is 275 g/mol. The second kappa shape index (κ2) is 5.80. The van der Waals surface area contributed by atoms with Crippen molar-refractivity contribution in [3.05, 3.63) is 58.6 Å². The third kappa shape index (κ3) is 3.29. The number of halogens is 1. The number of nitrogens with one attached hydrogen (secondary N) is 1. The topological polar surface area (TPSA) is 54.9 Å². The van der Waals surface area contributed by atoms with E-state index in [1.165, 1.54) is 6.20 Å². The van der Waals surface area contributed by atoms with E-state index in [1.54, 1.807) is 18.5 Å². The molecule has 0 radical (unpaired) electrons. The molecule has 2 aromatic heterocycles. The summed E-state index contributed by atoms with van der Waals surface area (Å²) < 4.78 is 0. The van der Waals surface area contributed by atoms with Crippen molar-refractivity contribution in [1.29, 1.82) is 0 Å². The van der Waals surface area contributed by atoms with Crippen LogP contribution in [0.3, 0.4) is 0 Å². The molecule has 1 N–H and O–H groups in total. The van der Waals surface area contributed by atoms with E-state index in [4.69, 9.17) is 11.6 Å². The predicted molar refractivity (Wildman–Crippen MR) is 74.1 cm³/mol. The van der Waals surface area contributed by atoms with E-state index in [-0.39, 0.29) is 11.9 Å². The normalized spacial score (nSPS) is 11.9. The van der Waals surface area contributed by atoms with Crippen LogP contribution in [0, 0.1) is 6.92 Å². The molecule has 2 aromatic rings. The van der Waals surface area contributed by atoms with Gasteiger partial charge in [0.15, 0.2) is 0 Å². The summed E-state index contributed by atoms with van der Waals surface area (Å²) in [6.07, 6.45) is 4.90. The molecular weight excluding hydrogens is 262 g/mol. The maximum atomic E-state index is 12.1. The lowest BCUT2D eigenvalue weighted by molar-refractivity contribution is 0.0939. The van der Waals surface area contributed by atoms with Crippen LogP contribution in [0.4, 0.5) is 0 Å². The van der Waals surface area contributed by atoms with Crippen LogP contribution >= 0.6 is 11.6 Å². The van der Waals surface area contributed by atoms with Crippen LogP contribution < -0.4 is 5.32 Å². The third-order valence-corrected chi connectivity index (χ3v) is 3.08. The van der Waals surface area contributed by atoms with Crippen LogP contribution in [0.25, 0.3) is 0 Å². The molecule has 98 valence electrons. The second-order valence-electron chi connectivity index (χ2n) is 4.29. The molecule has 0 aliphatic heterocycles. The Kier molecular flexibility index (Phi) is 4.12. The lowest BCUT2D eigenvalue weighted by Crippen LogP contribution is -2.27. The minimum Gasteiger partial charge on any atom is -0.345 e. The molecule has 2 rings (SSSR count). The standard InChI is InChI=1S/C14H14ClN3O/c1-9-6-13(15)12(8-17-9)14(19)18-10(2)11-4-3-5-16-7-11/h3-8,10H,1-2H3,(H,18,19). The van der Waals surface area contributed by atoms with Crippen molar-refractivity contribution in [2.75, 3.05) is 0 Å². The molecule has 1 amide bonds. The number of nitrogens with zero attached hydrogens (tertiary/aromatic N) is 2. The third-order valence-electron chi connectivity index (χ3n) is 2.77. The molecule has 0 bridgehead atoms. The number of rotatable bonds is 3. The van der Waals surface area contributed by atoms with E-state index in [0.29, 0.717) is 10.6 Å². The summed E-state index contributed by atoms with van der Waals surface area (Å²) in [5.74, 6) is -0.242. The molecule has 0 aromatic carbocycles. The number of aryl methyl sites for hydroxylation is 1. The zero-order chi connectivity index (χ0) is 13.8. The first kappa shape index (κ1) is 13.5. The van der Waals surface area contributed by atoms with Gasteiger partial charge in [-0.2, -0.15) is 0 Å². The first-order chi connectivity index (χ1) is 9.08. The van der Waals surface area contributed by atoms with Gasteiger partial charge >= 0.3 is 0 Å². The van der Waals surface area contributed by atoms with Gasteiger partial charge in [0.2, 0.25) is 0 Å². The van der Waals surface area contributed by atoms with Crippen LogP contribution in [-0.4, -0.2) is 15.9 Å². The fourth-order valence-corrected chi connectivity index (χ4v) is 1.98. The smallest absolute Gasteiger partial charge is 0.254 e. The van der Waals surface area contributed by atoms with Gasteiger partial charge in [0, 0.05) is 24.3 Å². The average molecular weight is 276 g/mol. The maximum Gasteiger partial charge on any atom is 0.254 e. The van der Waals surface area contributed by atoms with Crippen LogP contribution in [0.1, 0.15) is 34.6 Å². The molecule has 0 saturated heterocycles. The SMILES string of the molecule is Cc1cc(Cl)c(C(=O)NC(C)c2cccnc2)cn1. The number of hydrogen-bond acceptors (Lipinski definition) is 3. The fraction of sp³-hybridized carbons (Fsp3) is 0.214. The minimum atomic E-state index is -0.242. The highest BCUT2D eigenvalue weighted by Gasteiger charge is 2.14. The fourth-order valence-electron chi connectivity index (χ4n) is 1.68. The molecule has 5 heteroatoms. The van der Waals surface area contributed by atoms with E-state index >= 15 is 0 Å². The van der Waals surface area contributed by atoms with Gasteiger partial charge in [-0.15, -0.1) is 0 Å². The van der Waals surface area contributed by atoms with Crippen molar-refractivity contribution in [2.24, 2.45) is 0 Å². The molecule has 19 heavy (non-hydrogen) atoms. The van der Waals surface area contributed by atoms with Crippen LogP contribution in [0.5, 0.6) is 0 Å². The Balaban J connectivity index is 2.13. The average Bonchev–Trinajstić information content (AvgIpc) is 2.39. The molecule has 2 heterocycles. The first-order valence-electron chi connectivity index (χ1n) is 5.91. The largest absolute Gasteiger partial charge is 0.345 e. The summed E-state index contributed by atoms with van der Waals surface area (Å²) >= 11 is 6.04. The Morgan fingerprint density at radius 2 is 2.21 bits per heavy atom. The number of carbonyl (C=O) groups is 1. The second-order valence-corrected chi connectivity index (χ2v) is 4.69. The molecule has 0 fully saturated rings. The number of amides is 1. The number of aromatic nitrogens is 2. The van der Waals surface area contributed by atoms with Gasteiger partial charge in [-0.25, -0.2) is 0 Å². The van der Waals surface area contributed by atoms with Gasteiger partial charge in [-0.1, -0.05) is 17.7 Å². The summed E-state index contributed by atoms with van der Waals surface area (Å²) in [6, 6.07) is 5.27. The van der Waals surface area contributed by atoms with Gasteiger partial charge in [-0.05, 0) is 31.5 Å². The zero-order valence-electron chi connectivity index (χ0n) is 10.7. The van der Waals surface area contributed by atoms with Crippen LogP contribution in [0.2, 0.25) is 5.02 Å². The van der Waals surface area contributed by atoms with Crippen molar-refractivity contribution in [3.63, 3.8) is 0 Å². The number of pyridine rings is 2. The van der Waals surface area contributed by atoms with Gasteiger partial charge in [0.1, 0.15) is 0 Å². The lowest BCUT2D eigenvalue weighted by atomic mass is 10.1. The Morgan fingerprint density at radius 1 is 1.42 bits per heavy atom. The number of carbonyl (C=O) groups excluding carboxylic acids is 1. The maximum absolute atomic E-state index is 12.1. The van der Waals surface area contributed by atoms with E-state index in [2.05, 4.69) is 15.3 Å². The molecule has 0 aliphatic rings. The van der Waals surface area contributed by atoms with Crippen molar-refractivity contribution < 1.29 is 4.79 Å². The predicted octanol–water partition coefficient (Wildman–Crippen LogP) is 2.93. The summed E-state index contributed by atoms with van der Waals surface area (Å²) in [4.78, 5) is 20.2. The highest BCUT2D eigenvalue weighted by atomic mass is 35.5. The molecule has 0 saturated carbocycles. The Hall–Kier alpha value is -1.94. The van der Waals surface area contributed by atoms with E-state index in [9.17, 15) is 4.79 Å². The molecular formula is C14H14ClN3O. The van der Waals surface area contributed by atoms with Crippen molar-refractivity contribution in [1.82, 2.24) is 15.3 Å². The Morgan fingerprint density at radius 3 is 2.84 bits per heavy atom. The van der Waals surface area contributed by atoms with Crippen LogP contribution in [-0.2, 0) is 0 Å². The Labute approximate surface area is 116 Å². The van der Waals surface area contributed by atoms with Gasteiger partial charge in [0.05, 0.1) is 16.6 Å². The first-order valence-corrected chi connectivity index (χ1v) is 6.28. The van der Waals surface area contributed by atoms with E-state index in [1.807, 2.05) is 26.0 Å². The lowest BCUT2D eigenvalue weighted by Gasteiger charge is -2.14. The van der Waals surface area contributed by atoms with E-state index in [0.717, 1.165) is 11.3 Å². The Bertz CT molecular complexity index is 586. The van der Waals surface area contributed by atoms with Gasteiger partial charge in [-0.3, -0.25) is 14.8 Å². The summed E-state index contributed by atoms with van der Waals surface area (Å²) in [7, 11) is 0. The zero-order valence-corrected chi connectivity index (χ0v) is 11.5.